The van der Waals surface area contributed by atoms with Crippen LogP contribution in [-0.2, 0) is 0 Å². The average molecular weight is 243 g/mol. The summed E-state index contributed by atoms with van der Waals surface area (Å²) in [6, 6.07) is 0.753. The lowest BCUT2D eigenvalue weighted by molar-refractivity contribution is 0.150. The van der Waals surface area contributed by atoms with Gasteiger partial charge in [0.15, 0.2) is 0 Å². The van der Waals surface area contributed by atoms with Gasteiger partial charge < -0.3 is 5.32 Å². The maximum absolute atomic E-state index is 3.78. The first-order chi connectivity index (χ1) is 7.43. The molecule has 0 aliphatic heterocycles. The lowest BCUT2D eigenvalue weighted by atomic mass is 9.70. The van der Waals surface area contributed by atoms with Gasteiger partial charge in [-0.3, -0.25) is 0 Å². The lowest BCUT2D eigenvalue weighted by Crippen LogP contribution is -2.41. The molecule has 0 radical (unpaired) electrons. The Balaban J connectivity index is 2.31. The van der Waals surface area contributed by atoms with Gasteiger partial charge in [0.2, 0.25) is 0 Å². The second-order valence-corrected chi connectivity index (χ2v) is 7.49. The SMILES string of the molecule is CSCC(C)CNC1CC(C)CC(C)(C)C1. The predicted molar refractivity (Wildman–Crippen MR) is 76.1 cm³/mol. The van der Waals surface area contributed by atoms with Gasteiger partial charge in [-0.05, 0) is 55.1 Å². The molecular weight excluding hydrogens is 214 g/mol. The van der Waals surface area contributed by atoms with Crippen molar-refractivity contribution in [2.24, 2.45) is 17.3 Å². The normalized spacial score (nSPS) is 31.3. The summed E-state index contributed by atoms with van der Waals surface area (Å²) in [5, 5.41) is 3.78. The van der Waals surface area contributed by atoms with Gasteiger partial charge in [0.05, 0.1) is 0 Å². The molecule has 0 aromatic heterocycles. The summed E-state index contributed by atoms with van der Waals surface area (Å²) in [5.41, 5.74) is 0.540. The largest absolute Gasteiger partial charge is 0.314 e. The second kappa shape index (κ2) is 6.30. The van der Waals surface area contributed by atoms with Crippen molar-refractivity contribution in [1.29, 1.82) is 0 Å². The Kier molecular flexibility index (Phi) is 5.66. The Morgan fingerprint density at radius 1 is 1.38 bits per heavy atom. The fourth-order valence-electron chi connectivity index (χ4n) is 3.21. The van der Waals surface area contributed by atoms with Crippen LogP contribution in [-0.4, -0.2) is 24.6 Å². The van der Waals surface area contributed by atoms with Gasteiger partial charge in [0, 0.05) is 6.04 Å². The third kappa shape index (κ3) is 5.09. The summed E-state index contributed by atoms with van der Waals surface area (Å²) in [6.07, 6.45) is 6.31. The van der Waals surface area contributed by atoms with Crippen LogP contribution in [0.2, 0.25) is 0 Å². The molecule has 0 aromatic rings. The van der Waals surface area contributed by atoms with Crippen LogP contribution >= 0.6 is 11.8 Å². The van der Waals surface area contributed by atoms with Crippen LogP contribution < -0.4 is 5.32 Å². The van der Waals surface area contributed by atoms with Gasteiger partial charge in [-0.2, -0.15) is 11.8 Å². The van der Waals surface area contributed by atoms with E-state index in [4.69, 9.17) is 0 Å². The molecule has 0 aromatic carbocycles. The molecule has 96 valence electrons. The predicted octanol–water partition coefficient (Wildman–Crippen LogP) is 3.79. The Morgan fingerprint density at radius 3 is 2.62 bits per heavy atom. The molecule has 2 heteroatoms. The van der Waals surface area contributed by atoms with Crippen LogP contribution in [0, 0.1) is 17.3 Å². The van der Waals surface area contributed by atoms with Gasteiger partial charge in [0.1, 0.15) is 0 Å². The quantitative estimate of drug-likeness (QED) is 0.788. The number of rotatable bonds is 5. The second-order valence-electron chi connectivity index (χ2n) is 6.58. The van der Waals surface area contributed by atoms with Crippen molar-refractivity contribution >= 4 is 11.8 Å². The standard InChI is InChI=1S/C14H29NS/c1-11-6-13(8-14(3,4)7-11)15-9-12(2)10-16-5/h11-13,15H,6-10H2,1-5H3. The average Bonchev–Trinajstić information content (AvgIpc) is 2.12. The van der Waals surface area contributed by atoms with Gasteiger partial charge in [-0.15, -0.1) is 0 Å². The zero-order chi connectivity index (χ0) is 12.2. The molecule has 1 fully saturated rings. The molecule has 1 rings (SSSR count). The summed E-state index contributed by atoms with van der Waals surface area (Å²) in [4.78, 5) is 0. The monoisotopic (exact) mass is 243 g/mol. The Morgan fingerprint density at radius 2 is 2.06 bits per heavy atom. The van der Waals surface area contributed by atoms with Crippen molar-refractivity contribution in [3.63, 3.8) is 0 Å². The maximum atomic E-state index is 3.78. The van der Waals surface area contributed by atoms with Crippen molar-refractivity contribution in [3.8, 4) is 0 Å². The highest BCUT2D eigenvalue weighted by molar-refractivity contribution is 7.98. The van der Waals surface area contributed by atoms with Crippen molar-refractivity contribution in [1.82, 2.24) is 5.32 Å². The Labute approximate surface area is 106 Å². The highest BCUT2D eigenvalue weighted by Gasteiger charge is 2.31. The van der Waals surface area contributed by atoms with Crippen molar-refractivity contribution in [2.45, 2.75) is 53.0 Å². The molecule has 0 bridgehead atoms. The summed E-state index contributed by atoms with van der Waals surface area (Å²) in [7, 11) is 0. The van der Waals surface area contributed by atoms with Crippen LogP contribution in [0.25, 0.3) is 0 Å². The fraction of sp³-hybridized carbons (Fsp3) is 1.00. The van der Waals surface area contributed by atoms with E-state index in [0.717, 1.165) is 17.9 Å². The Bertz CT molecular complexity index is 203. The number of hydrogen-bond acceptors (Lipinski definition) is 2. The maximum Gasteiger partial charge on any atom is 0.00748 e. The zero-order valence-corrected chi connectivity index (χ0v) is 12.5. The fourth-order valence-corrected chi connectivity index (χ4v) is 3.90. The van der Waals surface area contributed by atoms with Crippen LogP contribution in [0.3, 0.4) is 0 Å². The highest BCUT2D eigenvalue weighted by Crippen LogP contribution is 2.38. The molecule has 0 spiro atoms. The van der Waals surface area contributed by atoms with Crippen molar-refractivity contribution in [3.05, 3.63) is 0 Å². The summed E-state index contributed by atoms with van der Waals surface area (Å²) < 4.78 is 0. The number of nitrogens with one attached hydrogen (secondary N) is 1. The molecule has 0 heterocycles. The molecule has 1 N–H and O–H groups in total. The lowest BCUT2D eigenvalue weighted by Gasteiger charge is -2.39. The minimum Gasteiger partial charge on any atom is -0.314 e. The first-order valence-electron chi connectivity index (χ1n) is 6.65. The molecule has 3 atom stereocenters. The van der Waals surface area contributed by atoms with E-state index in [-0.39, 0.29) is 0 Å². The van der Waals surface area contributed by atoms with Crippen LogP contribution in [0.15, 0.2) is 0 Å². The van der Waals surface area contributed by atoms with E-state index >= 15 is 0 Å². The summed E-state index contributed by atoms with van der Waals surface area (Å²) in [5.74, 6) is 2.96. The molecular formula is C14H29NS. The van der Waals surface area contributed by atoms with E-state index in [1.165, 1.54) is 31.6 Å². The van der Waals surface area contributed by atoms with E-state index in [9.17, 15) is 0 Å². The smallest absolute Gasteiger partial charge is 0.00748 e. The number of thioether (sulfide) groups is 1. The van der Waals surface area contributed by atoms with Gasteiger partial charge in [0.25, 0.3) is 0 Å². The van der Waals surface area contributed by atoms with E-state index in [1.807, 2.05) is 11.8 Å². The molecule has 1 saturated carbocycles. The highest BCUT2D eigenvalue weighted by atomic mass is 32.2. The number of hydrogen-bond donors (Lipinski definition) is 1. The van der Waals surface area contributed by atoms with Gasteiger partial charge in [-0.25, -0.2) is 0 Å². The first kappa shape index (κ1) is 14.4. The topological polar surface area (TPSA) is 12.0 Å². The first-order valence-corrected chi connectivity index (χ1v) is 8.04. The van der Waals surface area contributed by atoms with E-state index < -0.39 is 0 Å². The van der Waals surface area contributed by atoms with E-state index in [0.29, 0.717) is 5.41 Å². The van der Waals surface area contributed by atoms with Crippen LogP contribution in [0.1, 0.15) is 47.0 Å². The van der Waals surface area contributed by atoms with Gasteiger partial charge >= 0.3 is 0 Å². The third-order valence-electron chi connectivity index (χ3n) is 3.59. The summed E-state index contributed by atoms with van der Waals surface area (Å²) in [6.45, 7) is 10.8. The molecule has 3 unspecified atom stereocenters. The zero-order valence-electron chi connectivity index (χ0n) is 11.7. The van der Waals surface area contributed by atoms with E-state index in [2.05, 4.69) is 39.3 Å². The molecule has 0 amide bonds. The molecule has 0 saturated heterocycles. The van der Waals surface area contributed by atoms with E-state index in [1.54, 1.807) is 0 Å². The van der Waals surface area contributed by atoms with Gasteiger partial charge in [-0.1, -0.05) is 27.7 Å². The minimum atomic E-state index is 0.540. The molecule has 16 heavy (non-hydrogen) atoms. The van der Waals surface area contributed by atoms with Crippen LogP contribution in [0.5, 0.6) is 0 Å². The summed E-state index contributed by atoms with van der Waals surface area (Å²) >= 11 is 1.96. The molecule has 1 aliphatic rings. The Hall–Kier alpha value is 0.310. The van der Waals surface area contributed by atoms with Crippen LogP contribution in [0.4, 0.5) is 0 Å². The molecule has 1 nitrogen and oxygen atoms in total. The minimum absolute atomic E-state index is 0.540. The third-order valence-corrected chi connectivity index (χ3v) is 4.50. The van der Waals surface area contributed by atoms with Crippen molar-refractivity contribution < 1.29 is 0 Å². The van der Waals surface area contributed by atoms with Crippen molar-refractivity contribution in [2.75, 3.05) is 18.6 Å². The molecule has 1 aliphatic carbocycles.